The second kappa shape index (κ2) is 10.4. The van der Waals surface area contributed by atoms with Gasteiger partial charge in [0.05, 0.1) is 22.7 Å². The molecule has 2 heterocycles. The minimum Gasteiger partial charge on any atom is -0.465 e. The number of benzene rings is 2. The molecular weight excluding hydrogens is 458 g/mol. The van der Waals surface area contributed by atoms with Crippen molar-refractivity contribution in [1.29, 1.82) is 0 Å². The number of hydrogen-bond donors (Lipinski definition) is 2. The highest BCUT2D eigenvalue weighted by atomic mass is 35.5. The van der Waals surface area contributed by atoms with Crippen molar-refractivity contribution in [3.63, 3.8) is 0 Å². The third-order valence-corrected chi connectivity index (χ3v) is 5.40. The van der Waals surface area contributed by atoms with Gasteiger partial charge in [0.25, 0.3) is 0 Å². The first kappa shape index (κ1) is 22.7. The van der Waals surface area contributed by atoms with Gasteiger partial charge < -0.3 is 9.73 Å². The predicted molar refractivity (Wildman–Crippen MR) is 135 cm³/mol. The summed E-state index contributed by atoms with van der Waals surface area (Å²) in [5, 5.41) is 15.1. The van der Waals surface area contributed by atoms with Crippen LogP contribution in [0.2, 0.25) is 5.02 Å². The zero-order valence-corrected chi connectivity index (χ0v) is 19.5. The fourth-order valence-electron chi connectivity index (χ4n) is 3.18. The molecule has 0 saturated heterocycles. The van der Waals surface area contributed by atoms with Crippen molar-refractivity contribution in [3.8, 4) is 5.69 Å². The third kappa shape index (κ3) is 5.85. The summed E-state index contributed by atoms with van der Waals surface area (Å²) in [6.07, 6.45) is 7.80. The van der Waals surface area contributed by atoms with Gasteiger partial charge >= 0.3 is 0 Å². The van der Waals surface area contributed by atoms with Gasteiger partial charge in [-0.1, -0.05) is 37.1 Å². The van der Waals surface area contributed by atoms with Crippen LogP contribution >= 0.6 is 23.8 Å². The van der Waals surface area contributed by atoms with Gasteiger partial charge in [0.15, 0.2) is 5.11 Å². The molecule has 2 aromatic heterocycles. The summed E-state index contributed by atoms with van der Waals surface area (Å²) >= 11 is 11.6. The highest BCUT2D eigenvalue weighted by Crippen LogP contribution is 2.27. The van der Waals surface area contributed by atoms with Gasteiger partial charge in [0.1, 0.15) is 16.8 Å². The van der Waals surface area contributed by atoms with Crippen LogP contribution in [0.1, 0.15) is 31.1 Å². The fourth-order valence-corrected chi connectivity index (χ4v) is 3.59. The van der Waals surface area contributed by atoms with Crippen molar-refractivity contribution in [3.05, 3.63) is 77.2 Å². The minimum absolute atomic E-state index is 0.111. The lowest BCUT2D eigenvalue weighted by molar-refractivity contribution is -0.115. The molecule has 168 valence electrons. The van der Waals surface area contributed by atoms with Crippen molar-refractivity contribution in [2.45, 2.75) is 26.2 Å². The molecule has 2 aromatic carbocycles. The molecule has 0 aliphatic carbocycles. The quantitative estimate of drug-likeness (QED) is 0.267. The normalized spacial score (nSPS) is 11.2. The maximum Gasteiger partial charge on any atom is 0.250 e. The number of fused-ring (bicyclic) bond motifs is 1. The summed E-state index contributed by atoms with van der Waals surface area (Å²) < 4.78 is 5.15. The third-order valence-electron chi connectivity index (χ3n) is 4.88. The molecule has 2 N–H and O–H groups in total. The van der Waals surface area contributed by atoms with Crippen LogP contribution in [-0.4, -0.2) is 26.0 Å². The molecule has 0 aliphatic heterocycles. The number of nitrogens with one attached hydrogen (secondary N) is 2. The highest BCUT2D eigenvalue weighted by molar-refractivity contribution is 7.80. The average Bonchev–Trinajstić information content (AvgIpc) is 3.46. The van der Waals surface area contributed by atoms with E-state index in [9.17, 15) is 4.79 Å². The highest BCUT2D eigenvalue weighted by Gasteiger charge is 2.11. The molecule has 0 radical (unpaired) electrons. The van der Waals surface area contributed by atoms with E-state index < -0.39 is 5.91 Å². The molecule has 9 heteroatoms. The predicted octanol–water partition coefficient (Wildman–Crippen LogP) is 5.54. The summed E-state index contributed by atoms with van der Waals surface area (Å²) in [6, 6.07) is 15.1. The number of amides is 1. The lowest BCUT2D eigenvalue weighted by Crippen LogP contribution is -2.32. The van der Waals surface area contributed by atoms with E-state index in [1.807, 2.05) is 12.1 Å². The Morgan fingerprint density at radius 3 is 2.64 bits per heavy atom. The molecule has 0 fully saturated rings. The maximum atomic E-state index is 12.1. The van der Waals surface area contributed by atoms with Gasteiger partial charge in [-0.3, -0.25) is 10.1 Å². The monoisotopic (exact) mass is 479 g/mol. The fraction of sp³-hybridized carbons (Fsp3) is 0.167. The van der Waals surface area contributed by atoms with Crippen LogP contribution in [0.5, 0.6) is 0 Å². The topological polar surface area (TPSA) is 85.0 Å². The van der Waals surface area contributed by atoms with E-state index in [0.29, 0.717) is 27.5 Å². The zero-order valence-electron chi connectivity index (χ0n) is 17.9. The summed E-state index contributed by atoms with van der Waals surface area (Å²) in [7, 11) is 0. The van der Waals surface area contributed by atoms with Crippen LogP contribution in [-0.2, 0) is 11.2 Å². The van der Waals surface area contributed by atoms with E-state index in [0.717, 1.165) is 12.1 Å². The summed E-state index contributed by atoms with van der Waals surface area (Å²) in [6.45, 7) is 2.18. The molecule has 0 atom stereocenters. The lowest BCUT2D eigenvalue weighted by Gasteiger charge is -2.09. The molecule has 0 unspecified atom stereocenters. The Balaban J connectivity index is 1.45. The van der Waals surface area contributed by atoms with Crippen molar-refractivity contribution < 1.29 is 9.21 Å². The summed E-state index contributed by atoms with van der Waals surface area (Å²) in [4.78, 5) is 13.6. The molecule has 0 bridgehead atoms. The molecule has 4 aromatic rings. The number of rotatable bonds is 7. The maximum absolute atomic E-state index is 12.1. The van der Waals surface area contributed by atoms with Crippen molar-refractivity contribution >= 4 is 57.6 Å². The van der Waals surface area contributed by atoms with Gasteiger partial charge in [-0.05, 0) is 73.1 Å². The smallest absolute Gasteiger partial charge is 0.250 e. The Labute approximate surface area is 201 Å². The Morgan fingerprint density at radius 2 is 1.94 bits per heavy atom. The standard InChI is InChI=1S/C24H22ClN5O2S/c1-2-3-5-16-7-9-17(10-8-16)30-28-21-14-19(25)20(15-22(21)29-30)26-24(33)27-23(31)12-11-18-6-4-13-32-18/h4,6-15H,2-3,5H2,1H3,(H2,26,27,31,33). The Kier molecular flexibility index (Phi) is 7.16. The second-order valence-corrected chi connectivity index (χ2v) is 8.19. The van der Waals surface area contributed by atoms with Crippen LogP contribution in [0, 0.1) is 0 Å². The zero-order chi connectivity index (χ0) is 23.2. The largest absolute Gasteiger partial charge is 0.465 e. The van der Waals surface area contributed by atoms with E-state index >= 15 is 0 Å². The van der Waals surface area contributed by atoms with Crippen LogP contribution in [0.15, 0.2) is 65.3 Å². The lowest BCUT2D eigenvalue weighted by atomic mass is 10.1. The number of halogens is 1. The molecule has 4 rings (SSSR count). The number of carbonyl (C=O) groups excluding carboxylic acids is 1. The number of thiocarbonyl (C=S) groups is 1. The average molecular weight is 480 g/mol. The number of aryl methyl sites for hydroxylation is 1. The number of nitrogens with zero attached hydrogens (tertiary/aromatic N) is 3. The second-order valence-electron chi connectivity index (χ2n) is 7.37. The minimum atomic E-state index is -0.394. The van der Waals surface area contributed by atoms with Gasteiger partial charge in [0.2, 0.25) is 5.91 Å². The Morgan fingerprint density at radius 1 is 1.18 bits per heavy atom. The number of anilines is 1. The number of hydrogen-bond acceptors (Lipinski definition) is 5. The Bertz CT molecular complexity index is 1300. The molecule has 0 aliphatic rings. The van der Waals surface area contributed by atoms with Crippen LogP contribution in [0.25, 0.3) is 22.8 Å². The molecule has 0 saturated carbocycles. The first-order valence-corrected chi connectivity index (χ1v) is 11.3. The SMILES string of the molecule is CCCCc1ccc(-n2nc3cc(Cl)c(NC(=S)NC(=O)C=Cc4ccco4)cc3n2)cc1. The van der Waals surface area contributed by atoms with Crippen LogP contribution < -0.4 is 10.6 Å². The van der Waals surface area contributed by atoms with E-state index in [2.05, 4.69) is 39.9 Å². The number of furan rings is 1. The molecule has 0 spiro atoms. The van der Waals surface area contributed by atoms with Crippen LogP contribution in [0.4, 0.5) is 5.69 Å². The van der Waals surface area contributed by atoms with E-state index in [4.69, 9.17) is 28.2 Å². The van der Waals surface area contributed by atoms with Crippen molar-refractivity contribution in [2.24, 2.45) is 0 Å². The first-order chi connectivity index (χ1) is 16.0. The van der Waals surface area contributed by atoms with E-state index in [1.54, 1.807) is 35.1 Å². The first-order valence-electron chi connectivity index (χ1n) is 10.5. The van der Waals surface area contributed by atoms with E-state index in [1.165, 1.54) is 30.7 Å². The molecule has 1 amide bonds. The summed E-state index contributed by atoms with van der Waals surface area (Å²) in [5.41, 5.74) is 3.97. The molecule has 33 heavy (non-hydrogen) atoms. The number of aromatic nitrogens is 3. The Hall–Kier alpha value is -3.49. The van der Waals surface area contributed by atoms with Gasteiger partial charge in [0, 0.05) is 6.08 Å². The summed E-state index contributed by atoms with van der Waals surface area (Å²) in [5.74, 6) is 0.172. The van der Waals surface area contributed by atoms with Gasteiger partial charge in [-0.2, -0.15) is 4.80 Å². The van der Waals surface area contributed by atoms with Crippen molar-refractivity contribution in [2.75, 3.05) is 5.32 Å². The van der Waals surface area contributed by atoms with Crippen LogP contribution in [0.3, 0.4) is 0 Å². The van der Waals surface area contributed by atoms with Gasteiger partial charge in [-0.25, -0.2) is 0 Å². The van der Waals surface area contributed by atoms with Gasteiger partial charge in [-0.15, -0.1) is 10.2 Å². The number of carbonyl (C=O) groups is 1. The number of unbranched alkanes of at least 4 members (excludes halogenated alkanes) is 1. The molecule has 7 nitrogen and oxygen atoms in total. The molecular formula is C24H22ClN5O2S. The van der Waals surface area contributed by atoms with E-state index in [-0.39, 0.29) is 5.11 Å². The van der Waals surface area contributed by atoms with Crippen molar-refractivity contribution in [1.82, 2.24) is 20.3 Å².